The second-order valence-electron chi connectivity index (χ2n) is 4.36. The molecule has 0 saturated heterocycles. The molecule has 0 aromatic heterocycles. The molecule has 20 heavy (non-hydrogen) atoms. The van der Waals surface area contributed by atoms with Crippen molar-refractivity contribution >= 4 is 12.1 Å². The lowest BCUT2D eigenvalue weighted by Gasteiger charge is -2.14. The first kappa shape index (κ1) is 15.9. The lowest BCUT2D eigenvalue weighted by Crippen LogP contribution is -2.42. The summed E-state index contributed by atoms with van der Waals surface area (Å²) >= 11 is 0. The summed E-state index contributed by atoms with van der Waals surface area (Å²) < 4.78 is 17.6. The molecule has 2 N–H and O–H groups in total. The molecule has 0 fully saturated rings. The molecule has 1 amide bonds. The summed E-state index contributed by atoms with van der Waals surface area (Å²) in [6, 6.07) is 4.35. The number of benzene rings is 1. The van der Waals surface area contributed by atoms with Gasteiger partial charge in [-0.3, -0.25) is 0 Å². The maximum atomic E-state index is 12.8. The van der Waals surface area contributed by atoms with Crippen LogP contribution >= 0.6 is 0 Å². The van der Waals surface area contributed by atoms with E-state index >= 15 is 0 Å². The number of carboxylic acid groups (broad SMARTS) is 1. The number of aliphatic carboxylic acids is 1. The zero-order chi connectivity index (χ0) is 15.0. The number of carboxylic acids is 1. The SMILES string of the molecule is CCCCOC(=O)NC(Cc1ccc(F)cc1)C(=O)O. The van der Waals surface area contributed by atoms with E-state index in [-0.39, 0.29) is 13.0 Å². The minimum atomic E-state index is -1.17. The zero-order valence-corrected chi connectivity index (χ0v) is 11.3. The molecule has 0 saturated carbocycles. The maximum absolute atomic E-state index is 12.8. The van der Waals surface area contributed by atoms with Crippen molar-refractivity contribution < 1.29 is 23.8 Å². The molecular formula is C14H18FNO4. The van der Waals surface area contributed by atoms with E-state index in [2.05, 4.69) is 5.32 Å². The van der Waals surface area contributed by atoms with Gasteiger partial charge >= 0.3 is 12.1 Å². The van der Waals surface area contributed by atoms with Crippen LogP contribution in [0.3, 0.4) is 0 Å². The van der Waals surface area contributed by atoms with Crippen molar-refractivity contribution in [1.82, 2.24) is 5.32 Å². The molecule has 0 bridgehead atoms. The highest BCUT2D eigenvalue weighted by atomic mass is 19.1. The van der Waals surface area contributed by atoms with Gasteiger partial charge in [0.1, 0.15) is 11.9 Å². The van der Waals surface area contributed by atoms with Crippen LogP contribution in [0.2, 0.25) is 0 Å². The summed E-state index contributed by atoms with van der Waals surface area (Å²) in [5, 5.41) is 11.3. The third kappa shape index (κ3) is 5.69. The Morgan fingerprint density at radius 2 is 2.00 bits per heavy atom. The van der Waals surface area contributed by atoms with Gasteiger partial charge in [0.25, 0.3) is 0 Å². The van der Waals surface area contributed by atoms with E-state index in [1.54, 1.807) is 0 Å². The number of alkyl carbamates (subject to hydrolysis) is 1. The first-order chi connectivity index (χ1) is 9.52. The number of nitrogens with one attached hydrogen (secondary N) is 1. The van der Waals surface area contributed by atoms with Crippen LogP contribution in [0.1, 0.15) is 25.3 Å². The zero-order valence-electron chi connectivity index (χ0n) is 11.3. The second kappa shape index (κ2) is 8.14. The van der Waals surface area contributed by atoms with Gasteiger partial charge in [0, 0.05) is 6.42 Å². The molecule has 1 atom stereocenters. The van der Waals surface area contributed by atoms with Crippen molar-refractivity contribution in [2.24, 2.45) is 0 Å². The normalized spacial score (nSPS) is 11.7. The first-order valence-corrected chi connectivity index (χ1v) is 6.43. The molecule has 0 aliphatic heterocycles. The largest absolute Gasteiger partial charge is 0.480 e. The maximum Gasteiger partial charge on any atom is 0.407 e. The molecule has 0 aliphatic carbocycles. The third-order valence-electron chi connectivity index (χ3n) is 2.67. The Bertz CT molecular complexity index is 447. The van der Waals surface area contributed by atoms with Gasteiger partial charge in [-0.2, -0.15) is 0 Å². The molecule has 0 aliphatic rings. The van der Waals surface area contributed by atoms with Crippen molar-refractivity contribution in [2.45, 2.75) is 32.2 Å². The highest BCUT2D eigenvalue weighted by Crippen LogP contribution is 2.06. The predicted octanol–water partition coefficient (Wildman–Crippen LogP) is 2.35. The van der Waals surface area contributed by atoms with Crippen LogP contribution in [0.25, 0.3) is 0 Å². The van der Waals surface area contributed by atoms with E-state index in [4.69, 9.17) is 9.84 Å². The van der Waals surface area contributed by atoms with Crippen LogP contribution in [0.5, 0.6) is 0 Å². The van der Waals surface area contributed by atoms with Gasteiger partial charge in [-0.1, -0.05) is 25.5 Å². The van der Waals surface area contributed by atoms with Gasteiger partial charge in [0.05, 0.1) is 6.61 Å². The van der Waals surface area contributed by atoms with Crippen molar-refractivity contribution in [3.05, 3.63) is 35.6 Å². The lowest BCUT2D eigenvalue weighted by atomic mass is 10.1. The highest BCUT2D eigenvalue weighted by molar-refractivity contribution is 5.80. The monoisotopic (exact) mass is 283 g/mol. The van der Waals surface area contributed by atoms with E-state index in [1.165, 1.54) is 24.3 Å². The summed E-state index contributed by atoms with van der Waals surface area (Å²) in [7, 11) is 0. The van der Waals surface area contributed by atoms with Gasteiger partial charge in [0.2, 0.25) is 0 Å². The van der Waals surface area contributed by atoms with E-state index < -0.39 is 23.9 Å². The Hall–Kier alpha value is -2.11. The third-order valence-corrected chi connectivity index (χ3v) is 2.67. The Morgan fingerprint density at radius 1 is 1.35 bits per heavy atom. The quantitative estimate of drug-likeness (QED) is 0.753. The molecule has 5 nitrogen and oxygen atoms in total. The molecule has 0 radical (unpaired) electrons. The van der Waals surface area contributed by atoms with Crippen molar-refractivity contribution in [1.29, 1.82) is 0 Å². The number of hydrogen-bond donors (Lipinski definition) is 2. The fourth-order valence-corrected chi connectivity index (χ4v) is 1.55. The molecule has 1 rings (SSSR count). The number of halogens is 1. The Labute approximate surface area is 116 Å². The summed E-state index contributed by atoms with van der Waals surface area (Å²) in [5.74, 6) is -1.56. The van der Waals surface area contributed by atoms with Gasteiger partial charge in [-0.15, -0.1) is 0 Å². The molecule has 1 aromatic carbocycles. The lowest BCUT2D eigenvalue weighted by molar-refractivity contribution is -0.139. The number of amides is 1. The van der Waals surface area contributed by atoms with Crippen LogP contribution in [-0.2, 0) is 16.0 Å². The second-order valence-corrected chi connectivity index (χ2v) is 4.36. The van der Waals surface area contributed by atoms with Crippen LogP contribution in [-0.4, -0.2) is 29.8 Å². The van der Waals surface area contributed by atoms with E-state index in [0.29, 0.717) is 5.56 Å². The van der Waals surface area contributed by atoms with Crippen LogP contribution in [0.4, 0.5) is 9.18 Å². The predicted molar refractivity (Wildman–Crippen MR) is 70.9 cm³/mol. The molecular weight excluding hydrogens is 265 g/mol. The molecule has 0 spiro atoms. The summed E-state index contributed by atoms with van der Waals surface area (Å²) in [4.78, 5) is 22.5. The minimum Gasteiger partial charge on any atom is -0.480 e. The van der Waals surface area contributed by atoms with Crippen molar-refractivity contribution in [3.8, 4) is 0 Å². The summed E-state index contributed by atoms with van der Waals surface area (Å²) in [6.07, 6.45) is 0.917. The average Bonchev–Trinajstić information content (AvgIpc) is 2.40. The number of carbonyl (C=O) groups excluding carboxylic acids is 1. The van der Waals surface area contributed by atoms with Gasteiger partial charge in [-0.05, 0) is 24.1 Å². The summed E-state index contributed by atoms with van der Waals surface area (Å²) in [5.41, 5.74) is 0.618. The average molecular weight is 283 g/mol. The number of unbranched alkanes of at least 4 members (excludes halogenated alkanes) is 1. The molecule has 1 unspecified atom stereocenters. The van der Waals surface area contributed by atoms with E-state index in [0.717, 1.165) is 12.8 Å². The van der Waals surface area contributed by atoms with Crippen LogP contribution in [0.15, 0.2) is 24.3 Å². The van der Waals surface area contributed by atoms with Gasteiger partial charge < -0.3 is 15.2 Å². The highest BCUT2D eigenvalue weighted by Gasteiger charge is 2.21. The molecule has 6 heteroatoms. The molecule has 1 aromatic rings. The topological polar surface area (TPSA) is 75.6 Å². The number of ether oxygens (including phenoxy) is 1. The minimum absolute atomic E-state index is 0.0679. The molecule has 0 heterocycles. The van der Waals surface area contributed by atoms with Crippen LogP contribution < -0.4 is 5.32 Å². The Kier molecular flexibility index (Phi) is 6.49. The van der Waals surface area contributed by atoms with Gasteiger partial charge in [-0.25, -0.2) is 14.0 Å². The number of carbonyl (C=O) groups is 2. The first-order valence-electron chi connectivity index (χ1n) is 6.43. The standard InChI is InChI=1S/C14H18FNO4/c1-2-3-8-20-14(19)16-12(13(17)18)9-10-4-6-11(15)7-5-10/h4-7,12H,2-3,8-9H2,1H3,(H,16,19)(H,17,18). The number of rotatable bonds is 7. The number of hydrogen-bond acceptors (Lipinski definition) is 3. The molecule has 110 valence electrons. The smallest absolute Gasteiger partial charge is 0.407 e. The summed E-state index contributed by atoms with van der Waals surface area (Å²) in [6.45, 7) is 2.21. The fourth-order valence-electron chi connectivity index (χ4n) is 1.55. The van der Waals surface area contributed by atoms with Crippen molar-refractivity contribution in [2.75, 3.05) is 6.61 Å². The van der Waals surface area contributed by atoms with Crippen molar-refractivity contribution in [3.63, 3.8) is 0 Å². The van der Waals surface area contributed by atoms with E-state index in [9.17, 15) is 14.0 Å². The van der Waals surface area contributed by atoms with E-state index in [1.807, 2.05) is 6.92 Å². The fraction of sp³-hybridized carbons (Fsp3) is 0.429. The van der Waals surface area contributed by atoms with Crippen LogP contribution in [0, 0.1) is 5.82 Å². The Balaban J connectivity index is 2.54. The Morgan fingerprint density at radius 3 is 2.55 bits per heavy atom. The van der Waals surface area contributed by atoms with Gasteiger partial charge in [0.15, 0.2) is 0 Å².